The summed E-state index contributed by atoms with van der Waals surface area (Å²) in [5.74, 6) is 3.09. The first kappa shape index (κ1) is 14.4. The first-order valence-electron chi connectivity index (χ1n) is 7.02. The van der Waals surface area contributed by atoms with Gasteiger partial charge in [-0.05, 0) is 17.7 Å². The summed E-state index contributed by atoms with van der Waals surface area (Å²) in [5.41, 5.74) is 1.09. The Morgan fingerprint density at radius 1 is 1.09 bits per heavy atom. The molecule has 7 nitrogen and oxygen atoms in total. The number of hydrogen-bond donors (Lipinski definition) is 2. The third-order valence-electron chi connectivity index (χ3n) is 3.19. The Kier molecular flexibility index (Phi) is 4.55. The summed E-state index contributed by atoms with van der Waals surface area (Å²) in [6.07, 6.45) is 1.52. The second-order valence-electron chi connectivity index (χ2n) is 4.75. The molecule has 0 saturated heterocycles. The number of hydrogen-bond acceptors (Lipinski definition) is 7. The zero-order chi connectivity index (χ0) is 15.2. The second-order valence-corrected chi connectivity index (χ2v) is 4.75. The van der Waals surface area contributed by atoms with Gasteiger partial charge in [0, 0.05) is 26.3 Å². The predicted octanol–water partition coefficient (Wildman–Crippen LogP) is 1.88. The average Bonchev–Trinajstić information content (AvgIpc) is 3.01. The third kappa shape index (κ3) is 3.56. The average molecular weight is 302 g/mol. The van der Waals surface area contributed by atoms with E-state index < -0.39 is 0 Å². The molecule has 0 fully saturated rings. The fourth-order valence-electron chi connectivity index (χ4n) is 2.08. The predicted molar refractivity (Wildman–Crippen MR) is 82.3 cm³/mol. The van der Waals surface area contributed by atoms with Crippen LogP contribution in [0.2, 0.25) is 0 Å². The normalized spacial score (nSPS) is 12.2. The van der Waals surface area contributed by atoms with Crippen molar-refractivity contribution in [3.05, 3.63) is 36.2 Å². The second kappa shape index (κ2) is 6.95. The number of anilines is 2. The van der Waals surface area contributed by atoms with Crippen molar-refractivity contribution in [2.45, 2.75) is 6.54 Å². The van der Waals surface area contributed by atoms with Gasteiger partial charge in [0.15, 0.2) is 11.5 Å². The fraction of sp³-hybridized carbons (Fsp3) is 0.333. The van der Waals surface area contributed by atoms with Crippen molar-refractivity contribution >= 4 is 11.6 Å². The van der Waals surface area contributed by atoms with Crippen molar-refractivity contribution in [1.29, 1.82) is 0 Å². The molecule has 0 radical (unpaired) electrons. The molecule has 116 valence electrons. The maximum atomic E-state index is 5.37. The fourth-order valence-corrected chi connectivity index (χ4v) is 2.08. The van der Waals surface area contributed by atoms with Crippen molar-refractivity contribution in [2.24, 2.45) is 0 Å². The number of methoxy groups -OCH3 is 1. The molecule has 2 N–H and O–H groups in total. The SMILES string of the molecule is COCCNc1cc(NCc2ccc3c(c2)OCO3)ncn1. The van der Waals surface area contributed by atoms with Crippen LogP contribution in [-0.2, 0) is 11.3 Å². The highest BCUT2D eigenvalue weighted by Crippen LogP contribution is 2.32. The molecular weight excluding hydrogens is 284 g/mol. The van der Waals surface area contributed by atoms with Crippen LogP contribution >= 0.6 is 0 Å². The number of ether oxygens (including phenoxy) is 3. The summed E-state index contributed by atoms with van der Waals surface area (Å²) in [6, 6.07) is 7.74. The van der Waals surface area contributed by atoms with Gasteiger partial charge in [0.2, 0.25) is 6.79 Å². The maximum Gasteiger partial charge on any atom is 0.231 e. The zero-order valence-corrected chi connectivity index (χ0v) is 12.3. The Morgan fingerprint density at radius 2 is 1.91 bits per heavy atom. The lowest BCUT2D eigenvalue weighted by molar-refractivity contribution is 0.174. The molecular formula is C15H18N4O3. The van der Waals surface area contributed by atoms with Gasteiger partial charge in [0.05, 0.1) is 6.61 Å². The Bertz CT molecular complexity index is 636. The van der Waals surface area contributed by atoms with Crippen LogP contribution in [0.5, 0.6) is 11.5 Å². The number of aromatic nitrogens is 2. The molecule has 2 heterocycles. The van der Waals surface area contributed by atoms with Crippen molar-refractivity contribution in [3.8, 4) is 11.5 Å². The molecule has 0 spiro atoms. The van der Waals surface area contributed by atoms with E-state index in [2.05, 4.69) is 20.6 Å². The van der Waals surface area contributed by atoms with E-state index in [9.17, 15) is 0 Å². The van der Waals surface area contributed by atoms with E-state index in [1.807, 2.05) is 24.3 Å². The molecule has 22 heavy (non-hydrogen) atoms. The van der Waals surface area contributed by atoms with E-state index in [0.29, 0.717) is 19.7 Å². The highest BCUT2D eigenvalue weighted by atomic mass is 16.7. The van der Waals surface area contributed by atoms with Gasteiger partial charge >= 0.3 is 0 Å². The minimum Gasteiger partial charge on any atom is -0.454 e. The monoisotopic (exact) mass is 302 g/mol. The molecule has 1 aliphatic heterocycles. The quantitative estimate of drug-likeness (QED) is 0.756. The van der Waals surface area contributed by atoms with Crippen LogP contribution in [0.3, 0.4) is 0 Å². The Morgan fingerprint density at radius 3 is 2.77 bits per heavy atom. The van der Waals surface area contributed by atoms with Gasteiger partial charge in [-0.3, -0.25) is 0 Å². The van der Waals surface area contributed by atoms with Crippen LogP contribution in [-0.4, -0.2) is 37.0 Å². The number of benzene rings is 1. The van der Waals surface area contributed by atoms with Crippen LogP contribution in [0.25, 0.3) is 0 Å². The molecule has 7 heteroatoms. The molecule has 1 aromatic heterocycles. The van der Waals surface area contributed by atoms with Gasteiger partial charge in [0.1, 0.15) is 18.0 Å². The van der Waals surface area contributed by atoms with Gasteiger partial charge in [-0.25, -0.2) is 9.97 Å². The molecule has 2 aromatic rings. The van der Waals surface area contributed by atoms with E-state index in [1.54, 1.807) is 7.11 Å². The zero-order valence-electron chi connectivity index (χ0n) is 12.3. The molecule has 1 aromatic carbocycles. The largest absolute Gasteiger partial charge is 0.454 e. The van der Waals surface area contributed by atoms with E-state index in [0.717, 1.165) is 28.7 Å². The van der Waals surface area contributed by atoms with Crippen LogP contribution < -0.4 is 20.1 Å². The van der Waals surface area contributed by atoms with Gasteiger partial charge < -0.3 is 24.8 Å². The minimum atomic E-state index is 0.286. The van der Waals surface area contributed by atoms with Gasteiger partial charge in [-0.2, -0.15) is 0 Å². The standard InChI is InChI=1S/C15H18N4O3/c1-20-5-4-16-14-7-15(19-9-18-14)17-8-11-2-3-12-13(6-11)22-10-21-12/h2-3,6-7,9H,4-5,8,10H2,1H3,(H2,16,17,18,19). The topological polar surface area (TPSA) is 77.5 Å². The molecule has 0 unspecified atom stereocenters. The third-order valence-corrected chi connectivity index (χ3v) is 3.19. The smallest absolute Gasteiger partial charge is 0.231 e. The lowest BCUT2D eigenvalue weighted by Gasteiger charge is -2.09. The first-order chi connectivity index (χ1) is 10.8. The lowest BCUT2D eigenvalue weighted by Crippen LogP contribution is -2.09. The van der Waals surface area contributed by atoms with Gasteiger partial charge in [-0.1, -0.05) is 6.07 Å². The van der Waals surface area contributed by atoms with Crippen LogP contribution in [0.1, 0.15) is 5.56 Å². The summed E-state index contributed by atoms with van der Waals surface area (Å²) >= 11 is 0. The molecule has 0 aliphatic carbocycles. The number of fused-ring (bicyclic) bond motifs is 1. The van der Waals surface area contributed by atoms with E-state index in [1.165, 1.54) is 6.33 Å². The van der Waals surface area contributed by atoms with Crippen LogP contribution in [0.4, 0.5) is 11.6 Å². The molecule has 0 amide bonds. The molecule has 3 rings (SSSR count). The van der Waals surface area contributed by atoms with E-state index in [4.69, 9.17) is 14.2 Å². The molecule has 0 saturated carbocycles. The summed E-state index contributed by atoms with van der Waals surface area (Å²) in [7, 11) is 1.67. The van der Waals surface area contributed by atoms with Crippen LogP contribution in [0, 0.1) is 0 Å². The number of nitrogens with zero attached hydrogens (tertiary/aromatic N) is 2. The number of rotatable bonds is 7. The minimum absolute atomic E-state index is 0.286. The Labute approximate surface area is 128 Å². The summed E-state index contributed by atoms with van der Waals surface area (Å²) in [5, 5.41) is 6.43. The van der Waals surface area contributed by atoms with Crippen molar-refractivity contribution in [2.75, 3.05) is 37.7 Å². The Balaban J connectivity index is 1.58. The maximum absolute atomic E-state index is 5.37. The Hall–Kier alpha value is -2.54. The van der Waals surface area contributed by atoms with Gasteiger partial charge in [-0.15, -0.1) is 0 Å². The molecule has 1 aliphatic rings. The van der Waals surface area contributed by atoms with E-state index in [-0.39, 0.29) is 6.79 Å². The highest BCUT2D eigenvalue weighted by Gasteiger charge is 2.12. The highest BCUT2D eigenvalue weighted by molar-refractivity contribution is 5.48. The summed E-state index contributed by atoms with van der Waals surface area (Å²) in [4.78, 5) is 8.36. The number of nitrogens with one attached hydrogen (secondary N) is 2. The lowest BCUT2D eigenvalue weighted by atomic mass is 10.2. The molecule has 0 atom stereocenters. The van der Waals surface area contributed by atoms with E-state index >= 15 is 0 Å². The van der Waals surface area contributed by atoms with Gasteiger partial charge in [0.25, 0.3) is 0 Å². The summed E-state index contributed by atoms with van der Waals surface area (Å²) < 4.78 is 15.7. The van der Waals surface area contributed by atoms with Crippen molar-refractivity contribution in [1.82, 2.24) is 9.97 Å². The molecule has 0 bridgehead atoms. The van der Waals surface area contributed by atoms with Crippen LogP contribution in [0.15, 0.2) is 30.6 Å². The van der Waals surface area contributed by atoms with Crippen molar-refractivity contribution < 1.29 is 14.2 Å². The van der Waals surface area contributed by atoms with Crippen molar-refractivity contribution in [3.63, 3.8) is 0 Å². The first-order valence-corrected chi connectivity index (χ1v) is 7.02. The summed E-state index contributed by atoms with van der Waals surface area (Å²) in [6.45, 7) is 2.26.